The molecule has 2 aromatic carbocycles. The van der Waals surface area contributed by atoms with Crippen molar-refractivity contribution in [3.8, 4) is 11.3 Å². The van der Waals surface area contributed by atoms with E-state index in [0.717, 1.165) is 47.2 Å². The minimum absolute atomic E-state index is 0. The van der Waals surface area contributed by atoms with E-state index >= 15 is 0 Å². The number of rotatable bonds is 11. The third kappa shape index (κ3) is 7.04. The van der Waals surface area contributed by atoms with Crippen LogP contribution in [0.4, 0.5) is 0 Å². The van der Waals surface area contributed by atoms with Crippen LogP contribution in [0, 0.1) is 17.9 Å². The molecule has 2 aromatic heterocycles. The van der Waals surface area contributed by atoms with Crippen molar-refractivity contribution in [1.29, 1.82) is 0 Å². The number of hydrogen-bond acceptors (Lipinski definition) is 5. The van der Waals surface area contributed by atoms with E-state index in [1.54, 1.807) is 10.8 Å². The zero-order chi connectivity index (χ0) is 34.8. The molecule has 0 aliphatic heterocycles. The van der Waals surface area contributed by atoms with Crippen LogP contribution in [0.25, 0.3) is 32.2 Å². The van der Waals surface area contributed by atoms with Crippen LogP contribution >= 0.6 is 11.3 Å². The standard InChI is InChI=1S/C28H33N2SSi.C13H24O2.Ir/c1-16(2)32(17(3)4,18(5)6)27-24-23-25(29-15-30-26(23)31-27)21-13-19-11-9-10-12-20(19)14-22(21)28(24,7)8;1-5-10(6-2)12(14)9-13(15)11(7-3)8-4;/h9-12,14-18H,1-8H3;9-11,14H,5-8H2,1-4H3;/q-1;;/b;12-9-;. The van der Waals surface area contributed by atoms with E-state index in [4.69, 9.17) is 9.97 Å². The summed E-state index contributed by atoms with van der Waals surface area (Å²) in [6.45, 7) is 27.7. The molecule has 0 unspecified atom stereocenters. The molecule has 7 heteroatoms. The third-order valence-electron chi connectivity index (χ3n) is 11.2. The molecule has 0 spiro atoms. The minimum atomic E-state index is -1.86. The molecule has 1 N–H and O–H groups in total. The Bertz CT molecular complexity index is 1730. The Morgan fingerprint density at radius 2 is 1.48 bits per heavy atom. The van der Waals surface area contributed by atoms with E-state index in [2.05, 4.69) is 91.8 Å². The molecule has 0 saturated carbocycles. The van der Waals surface area contributed by atoms with Crippen LogP contribution in [0.1, 0.15) is 120 Å². The number of fused-ring (bicyclic) bond motifs is 3. The molecule has 1 aliphatic carbocycles. The van der Waals surface area contributed by atoms with Gasteiger partial charge in [0.05, 0.1) is 5.76 Å². The van der Waals surface area contributed by atoms with Gasteiger partial charge in [-0.15, -0.1) is 34.9 Å². The number of aliphatic hydroxyl groups is 1. The van der Waals surface area contributed by atoms with Gasteiger partial charge in [0.15, 0.2) is 5.78 Å². The molecule has 4 aromatic rings. The van der Waals surface area contributed by atoms with Gasteiger partial charge in [-0.25, -0.2) is 4.98 Å². The summed E-state index contributed by atoms with van der Waals surface area (Å²) in [7, 11) is -1.86. The summed E-state index contributed by atoms with van der Waals surface area (Å²) in [6.07, 6.45) is 6.67. The summed E-state index contributed by atoms with van der Waals surface area (Å²) >= 11 is 1.97. The molecule has 48 heavy (non-hydrogen) atoms. The van der Waals surface area contributed by atoms with Crippen LogP contribution in [-0.2, 0) is 30.3 Å². The summed E-state index contributed by atoms with van der Waals surface area (Å²) in [4.78, 5) is 22.5. The van der Waals surface area contributed by atoms with E-state index in [9.17, 15) is 9.90 Å². The molecule has 0 saturated heterocycles. The van der Waals surface area contributed by atoms with Gasteiger partial charge in [0.2, 0.25) is 0 Å². The molecule has 4 nitrogen and oxygen atoms in total. The number of aromatic nitrogens is 2. The van der Waals surface area contributed by atoms with Crippen LogP contribution in [0.3, 0.4) is 0 Å². The Hall–Kier alpha value is -2.18. The normalized spacial score (nSPS) is 14.1. The van der Waals surface area contributed by atoms with Crippen LogP contribution in [0.2, 0.25) is 16.6 Å². The maximum absolute atomic E-state index is 11.7. The summed E-state index contributed by atoms with van der Waals surface area (Å²) in [5.41, 5.74) is 6.94. The molecule has 5 rings (SSSR count). The number of allylic oxidation sites excluding steroid dienone is 2. The summed E-state index contributed by atoms with van der Waals surface area (Å²) in [5.74, 6) is 0.547. The zero-order valence-corrected chi connectivity index (χ0v) is 35.5. The maximum atomic E-state index is 11.7. The molecule has 263 valence electrons. The van der Waals surface area contributed by atoms with Crippen molar-refractivity contribution in [2.24, 2.45) is 11.8 Å². The van der Waals surface area contributed by atoms with Crippen molar-refractivity contribution >= 4 is 50.7 Å². The first-order valence-corrected chi connectivity index (χ1v) is 20.9. The van der Waals surface area contributed by atoms with E-state index in [0.29, 0.717) is 16.6 Å². The second kappa shape index (κ2) is 16.2. The molecule has 0 fully saturated rings. The number of aliphatic hydroxyl groups excluding tert-OH is 1. The first-order chi connectivity index (χ1) is 22.2. The SMILES string of the molecule is CC(C)[Si](c1sc2ncnc3c2c1C(C)(C)c1cc2ccccc2[c-]c1-3)(C(C)C)C(C)C.CCC(CC)C(=O)/C=C(\O)C(CC)CC.[Ir]. The molecule has 1 aliphatic rings. The Morgan fingerprint density at radius 3 is 2.02 bits per heavy atom. The van der Waals surface area contributed by atoms with E-state index in [1.807, 2.05) is 39.0 Å². The van der Waals surface area contributed by atoms with Gasteiger partial charge in [-0.1, -0.05) is 118 Å². The van der Waals surface area contributed by atoms with Crippen molar-refractivity contribution in [1.82, 2.24) is 9.97 Å². The number of nitrogens with zero attached hydrogens (tertiary/aromatic N) is 2. The second-order valence-electron chi connectivity index (χ2n) is 14.9. The topological polar surface area (TPSA) is 63.1 Å². The molecule has 0 atom stereocenters. The molecular weight excluding hydrogens is 805 g/mol. The molecule has 0 amide bonds. The van der Waals surface area contributed by atoms with Gasteiger partial charge in [0.1, 0.15) is 19.2 Å². The van der Waals surface area contributed by atoms with Crippen molar-refractivity contribution in [2.75, 3.05) is 0 Å². The quantitative estimate of drug-likeness (QED) is 0.0706. The average molecular weight is 862 g/mol. The van der Waals surface area contributed by atoms with Gasteiger partial charge in [-0.3, -0.25) is 9.78 Å². The number of hydrogen-bond donors (Lipinski definition) is 1. The first-order valence-electron chi connectivity index (χ1n) is 17.9. The van der Waals surface area contributed by atoms with Crippen molar-refractivity contribution in [3.63, 3.8) is 0 Å². The van der Waals surface area contributed by atoms with E-state index in [-0.39, 0.29) is 48.9 Å². The number of carbonyl (C=O) groups excluding carboxylic acids is 1. The first kappa shape index (κ1) is 40.2. The van der Waals surface area contributed by atoms with Crippen LogP contribution < -0.4 is 4.50 Å². The third-order valence-corrected chi connectivity index (χ3v) is 20.2. The summed E-state index contributed by atoms with van der Waals surface area (Å²) in [6, 6.07) is 14.7. The Labute approximate surface area is 308 Å². The van der Waals surface area contributed by atoms with Crippen molar-refractivity contribution in [3.05, 3.63) is 65.7 Å². The predicted molar refractivity (Wildman–Crippen MR) is 206 cm³/mol. The fourth-order valence-electron chi connectivity index (χ4n) is 8.57. The Balaban J connectivity index is 0.000000334. The Kier molecular flexibility index (Phi) is 13.6. The monoisotopic (exact) mass is 862 g/mol. The molecule has 1 radical (unpaired) electrons. The summed E-state index contributed by atoms with van der Waals surface area (Å²) in [5, 5.41) is 13.5. The van der Waals surface area contributed by atoms with Gasteiger partial charge in [-0.2, -0.15) is 0 Å². The van der Waals surface area contributed by atoms with Crippen LogP contribution in [0.15, 0.2) is 48.5 Å². The number of carbonyl (C=O) groups is 1. The Morgan fingerprint density at radius 1 is 0.917 bits per heavy atom. The predicted octanol–water partition coefficient (Wildman–Crippen LogP) is 11.7. The maximum Gasteiger partial charge on any atom is 0.162 e. The van der Waals surface area contributed by atoms with Crippen LogP contribution in [-0.4, -0.2) is 28.9 Å². The second-order valence-corrected chi connectivity index (χ2v) is 22.1. The average Bonchev–Trinajstić information content (AvgIpc) is 3.42. The summed E-state index contributed by atoms with van der Waals surface area (Å²) < 4.78 is 1.65. The van der Waals surface area contributed by atoms with Crippen molar-refractivity contribution in [2.45, 2.75) is 131 Å². The van der Waals surface area contributed by atoms with Crippen molar-refractivity contribution < 1.29 is 30.0 Å². The van der Waals surface area contributed by atoms with Gasteiger partial charge in [0, 0.05) is 49.1 Å². The van der Waals surface area contributed by atoms with Gasteiger partial charge >= 0.3 is 0 Å². The molecular formula is C41H57IrN2O2SSi-. The van der Waals surface area contributed by atoms with Crippen LogP contribution in [0.5, 0.6) is 0 Å². The minimum Gasteiger partial charge on any atom is -0.512 e. The largest absolute Gasteiger partial charge is 0.512 e. The van der Waals surface area contributed by atoms with Gasteiger partial charge in [-0.05, 0) is 57.8 Å². The zero-order valence-electron chi connectivity index (χ0n) is 31.2. The van der Waals surface area contributed by atoms with E-state index in [1.165, 1.54) is 28.0 Å². The number of benzene rings is 2. The molecule has 2 heterocycles. The number of thiophene rings is 1. The van der Waals surface area contributed by atoms with E-state index < -0.39 is 8.07 Å². The van der Waals surface area contributed by atoms with Gasteiger partial charge < -0.3 is 5.11 Å². The fourth-order valence-corrected chi connectivity index (χ4v) is 19.2. The smallest absolute Gasteiger partial charge is 0.162 e. The fraction of sp³-hybridized carbons (Fsp3) is 0.537. The molecule has 0 bridgehead atoms. The number of ketones is 1. The van der Waals surface area contributed by atoms with Gasteiger partial charge in [0.25, 0.3) is 0 Å².